The number of nitrogens with one attached hydrogen (secondary N) is 1. The zero-order chi connectivity index (χ0) is 24.7. The van der Waals surface area contributed by atoms with Crippen LogP contribution in [0.3, 0.4) is 0 Å². The molecule has 11 heteroatoms. The monoisotopic (exact) mass is 479 g/mol. The number of halogens is 3. The highest BCUT2D eigenvalue weighted by molar-refractivity contribution is 6.00. The molecule has 1 saturated heterocycles. The summed E-state index contributed by atoms with van der Waals surface area (Å²) in [6.45, 7) is 1.21. The topological polar surface area (TPSA) is 112 Å². The van der Waals surface area contributed by atoms with E-state index in [2.05, 4.69) is 5.32 Å². The summed E-state index contributed by atoms with van der Waals surface area (Å²) in [5.74, 6) is -6.79. The lowest BCUT2D eigenvalue weighted by molar-refractivity contribution is 0.0671. The molecule has 1 aromatic heterocycles. The smallest absolute Gasteiger partial charge is 0.274 e. The molecule has 8 nitrogen and oxygen atoms in total. The number of fused-ring (bicyclic) bond motifs is 4. The third-order valence-corrected chi connectivity index (χ3v) is 6.42. The number of carbonyl (C=O) groups is 2. The molecule has 34 heavy (non-hydrogen) atoms. The van der Waals surface area contributed by atoms with Gasteiger partial charge in [-0.1, -0.05) is 6.92 Å². The summed E-state index contributed by atoms with van der Waals surface area (Å²) in [5.41, 5.74) is -2.41. The van der Waals surface area contributed by atoms with Crippen molar-refractivity contribution >= 4 is 11.8 Å². The first kappa shape index (κ1) is 23.8. The Bertz CT molecular complexity index is 1210. The Morgan fingerprint density at radius 1 is 1.21 bits per heavy atom. The Balaban J connectivity index is 1.83. The second kappa shape index (κ2) is 9.13. The molecule has 3 heterocycles. The number of pyridine rings is 1. The molecule has 0 saturated carbocycles. The molecule has 4 rings (SSSR count). The summed E-state index contributed by atoms with van der Waals surface area (Å²) in [6.07, 6.45) is 2.14. The molecule has 2 aliphatic rings. The normalized spacial score (nSPS) is 18.3. The SMILES string of the molecule is CC(CO)c1c(C(=O)NCc2c(F)cc(F)cc2F)c(=O)c(O)c2n1C1CCCCN(C1)C2=O. The van der Waals surface area contributed by atoms with E-state index < -0.39 is 70.6 Å². The van der Waals surface area contributed by atoms with Gasteiger partial charge in [-0.05, 0) is 19.3 Å². The summed E-state index contributed by atoms with van der Waals surface area (Å²) in [6, 6.07) is 0.601. The third kappa shape index (κ3) is 3.93. The fourth-order valence-corrected chi connectivity index (χ4v) is 4.73. The van der Waals surface area contributed by atoms with Crippen molar-refractivity contribution in [3.63, 3.8) is 0 Å². The molecule has 0 aliphatic carbocycles. The summed E-state index contributed by atoms with van der Waals surface area (Å²) < 4.78 is 42.7. The summed E-state index contributed by atoms with van der Waals surface area (Å²) in [7, 11) is 0. The van der Waals surface area contributed by atoms with Gasteiger partial charge in [0.15, 0.2) is 11.4 Å². The number of hydrogen-bond donors (Lipinski definition) is 3. The maximum absolute atomic E-state index is 14.0. The van der Waals surface area contributed by atoms with Gasteiger partial charge >= 0.3 is 0 Å². The minimum absolute atomic E-state index is 0.0674. The summed E-state index contributed by atoms with van der Waals surface area (Å²) >= 11 is 0. The maximum atomic E-state index is 14.0. The number of rotatable bonds is 5. The van der Waals surface area contributed by atoms with Gasteiger partial charge in [-0.3, -0.25) is 14.4 Å². The van der Waals surface area contributed by atoms with E-state index in [0.29, 0.717) is 31.6 Å². The Morgan fingerprint density at radius 3 is 2.53 bits per heavy atom. The van der Waals surface area contributed by atoms with Crippen LogP contribution in [-0.2, 0) is 6.54 Å². The van der Waals surface area contributed by atoms with Crippen LogP contribution in [0.2, 0.25) is 0 Å². The average Bonchev–Trinajstić information content (AvgIpc) is 3.01. The van der Waals surface area contributed by atoms with E-state index in [1.165, 1.54) is 4.57 Å². The van der Waals surface area contributed by atoms with Crippen LogP contribution in [0.4, 0.5) is 13.2 Å². The largest absolute Gasteiger partial charge is 0.503 e. The number of carbonyl (C=O) groups excluding carboxylic acids is 2. The standard InChI is InChI=1S/C23H24F3N3O5/c1-11(10-30)18-17(22(33)27-8-14-15(25)6-12(24)7-16(14)26)20(31)21(32)19-23(34)28-5-3-2-4-13(9-28)29(18)19/h6-7,11,13,30,32H,2-5,8-10H2,1H3,(H,27,33). The van der Waals surface area contributed by atoms with E-state index in [0.717, 1.165) is 12.8 Å². The van der Waals surface area contributed by atoms with E-state index in [4.69, 9.17) is 0 Å². The Hall–Kier alpha value is -3.34. The van der Waals surface area contributed by atoms with Crippen molar-refractivity contribution in [2.24, 2.45) is 0 Å². The maximum Gasteiger partial charge on any atom is 0.274 e. The number of amides is 2. The zero-order valence-corrected chi connectivity index (χ0v) is 18.4. The predicted molar refractivity (Wildman–Crippen MR) is 114 cm³/mol. The summed E-state index contributed by atoms with van der Waals surface area (Å²) in [5, 5.41) is 22.8. The number of aromatic nitrogens is 1. The fraction of sp³-hybridized carbons (Fsp3) is 0.435. The molecule has 1 aromatic carbocycles. The van der Waals surface area contributed by atoms with Crippen molar-refractivity contribution in [2.45, 2.75) is 44.7 Å². The first-order valence-corrected chi connectivity index (χ1v) is 11.0. The number of aliphatic hydroxyl groups is 1. The Morgan fingerprint density at radius 2 is 1.88 bits per heavy atom. The molecule has 0 spiro atoms. The van der Waals surface area contributed by atoms with Crippen LogP contribution in [0.5, 0.6) is 5.75 Å². The van der Waals surface area contributed by atoms with Gasteiger partial charge in [0.05, 0.1) is 12.6 Å². The highest BCUT2D eigenvalue weighted by Crippen LogP contribution is 2.36. The lowest BCUT2D eigenvalue weighted by atomic mass is 9.95. The number of nitrogens with zero attached hydrogens (tertiary/aromatic N) is 2. The van der Waals surface area contributed by atoms with Crippen molar-refractivity contribution in [3.8, 4) is 5.75 Å². The van der Waals surface area contributed by atoms with Crippen molar-refractivity contribution in [3.05, 3.63) is 62.3 Å². The minimum Gasteiger partial charge on any atom is -0.503 e. The zero-order valence-electron chi connectivity index (χ0n) is 18.4. The molecule has 2 unspecified atom stereocenters. The van der Waals surface area contributed by atoms with Crippen molar-refractivity contribution < 1.29 is 33.0 Å². The number of hydrogen-bond acceptors (Lipinski definition) is 5. The van der Waals surface area contributed by atoms with Crippen LogP contribution in [0, 0.1) is 17.5 Å². The fourth-order valence-electron chi connectivity index (χ4n) is 4.73. The average molecular weight is 479 g/mol. The van der Waals surface area contributed by atoms with Gasteiger partial charge in [0.2, 0.25) is 5.43 Å². The van der Waals surface area contributed by atoms with Crippen LogP contribution < -0.4 is 10.7 Å². The Kier molecular flexibility index (Phi) is 6.39. The third-order valence-electron chi connectivity index (χ3n) is 6.42. The van der Waals surface area contributed by atoms with E-state index in [9.17, 15) is 37.8 Å². The van der Waals surface area contributed by atoms with Crippen LogP contribution in [0.1, 0.15) is 70.2 Å². The van der Waals surface area contributed by atoms with Gasteiger partial charge in [0, 0.05) is 48.9 Å². The molecule has 0 radical (unpaired) electrons. The van der Waals surface area contributed by atoms with Gasteiger partial charge < -0.3 is 25.0 Å². The molecular weight excluding hydrogens is 455 g/mol. The minimum atomic E-state index is -1.21. The number of aromatic hydroxyl groups is 1. The molecule has 2 amide bonds. The van der Waals surface area contributed by atoms with Crippen LogP contribution in [-0.4, -0.2) is 51.2 Å². The van der Waals surface area contributed by atoms with Gasteiger partial charge in [-0.15, -0.1) is 0 Å². The summed E-state index contributed by atoms with van der Waals surface area (Å²) in [4.78, 5) is 40.8. The molecule has 182 valence electrons. The first-order valence-electron chi connectivity index (χ1n) is 11.0. The van der Waals surface area contributed by atoms with E-state index in [-0.39, 0.29) is 17.4 Å². The number of aliphatic hydroxyl groups excluding tert-OH is 1. The second-order valence-electron chi connectivity index (χ2n) is 8.67. The van der Waals surface area contributed by atoms with Gasteiger partial charge in [-0.25, -0.2) is 13.2 Å². The van der Waals surface area contributed by atoms with Gasteiger partial charge in [-0.2, -0.15) is 0 Å². The highest BCUT2D eigenvalue weighted by Gasteiger charge is 2.40. The molecular formula is C23H24F3N3O5. The molecule has 1 fully saturated rings. The van der Waals surface area contributed by atoms with Crippen LogP contribution >= 0.6 is 0 Å². The first-order chi connectivity index (χ1) is 16.1. The highest BCUT2D eigenvalue weighted by atomic mass is 19.1. The van der Waals surface area contributed by atoms with E-state index in [1.54, 1.807) is 11.8 Å². The van der Waals surface area contributed by atoms with E-state index in [1.807, 2.05) is 0 Å². The molecule has 2 aliphatic heterocycles. The van der Waals surface area contributed by atoms with Crippen LogP contribution in [0.25, 0.3) is 0 Å². The van der Waals surface area contributed by atoms with E-state index >= 15 is 0 Å². The van der Waals surface area contributed by atoms with Gasteiger partial charge in [0.25, 0.3) is 11.8 Å². The molecule has 2 bridgehead atoms. The lowest BCUT2D eigenvalue weighted by Crippen LogP contribution is -2.46. The second-order valence-corrected chi connectivity index (χ2v) is 8.67. The lowest BCUT2D eigenvalue weighted by Gasteiger charge is -2.37. The van der Waals surface area contributed by atoms with Crippen molar-refractivity contribution in [1.29, 1.82) is 0 Å². The molecule has 3 N–H and O–H groups in total. The number of benzene rings is 1. The molecule has 2 aromatic rings. The predicted octanol–water partition coefficient (Wildman–Crippen LogP) is 2.18. The quantitative estimate of drug-likeness (QED) is 0.609. The Labute approximate surface area is 192 Å². The van der Waals surface area contributed by atoms with Gasteiger partial charge in [0.1, 0.15) is 23.0 Å². The van der Waals surface area contributed by atoms with Crippen molar-refractivity contribution in [1.82, 2.24) is 14.8 Å². The molecule has 2 atom stereocenters. The van der Waals surface area contributed by atoms with Crippen molar-refractivity contribution in [2.75, 3.05) is 19.7 Å². The van der Waals surface area contributed by atoms with Crippen LogP contribution in [0.15, 0.2) is 16.9 Å².